The van der Waals surface area contributed by atoms with Crippen LogP contribution in [0.15, 0.2) is 23.8 Å². The number of rotatable bonds is 11. The average molecular weight is 956 g/mol. The minimum absolute atomic E-state index is 0.132. The molecule has 0 radical (unpaired) electrons. The molecule has 45 heavy (non-hydrogen) atoms. The lowest BCUT2D eigenvalue weighted by Gasteiger charge is -2.59. The fourth-order valence-electron chi connectivity index (χ4n) is 10.4. The fraction of sp³-hybridized carbons (Fsp3) is 0.763. The number of allylic oxidation sites excluding steroid dienone is 1. The maximum atomic E-state index is 13.3. The maximum absolute atomic E-state index is 13.3. The molecule has 5 rings (SSSR count). The molecule has 1 aromatic rings. The first-order valence-electron chi connectivity index (χ1n) is 17.7. The summed E-state index contributed by atoms with van der Waals surface area (Å²) in [6.07, 6.45) is 16.7. The van der Waals surface area contributed by atoms with E-state index in [4.69, 9.17) is 4.84 Å². The largest absolute Gasteiger partial charge is 0.372 e. The van der Waals surface area contributed by atoms with Crippen molar-refractivity contribution in [3.8, 4) is 0 Å². The van der Waals surface area contributed by atoms with Crippen LogP contribution in [0.4, 0.5) is 0 Å². The van der Waals surface area contributed by atoms with Crippen LogP contribution in [-0.2, 0) is 16.1 Å². The van der Waals surface area contributed by atoms with Gasteiger partial charge in [-0.05, 0) is 190 Å². The topological polar surface area (TPSA) is 58.6 Å². The Hall–Kier alpha value is 0.540. The van der Waals surface area contributed by atoms with Gasteiger partial charge in [0.05, 0.1) is 5.92 Å². The van der Waals surface area contributed by atoms with Gasteiger partial charge in [-0.25, -0.2) is 0 Å². The molecule has 5 unspecified atom stereocenters. The van der Waals surface area contributed by atoms with Gasteiger partial charge in [0.25, 0.3) is 0 Å². The third-order valence-electron chi connectivity index (χ3n) is 13.1. The minimum Gasteiger partial charge on any atom is -0.372 e. The Morgan fingerprint density at radius 3 is 2.40 bits per heavy atom. The molecule has 252 valence electrons. The van der Waals surface area contributed by atoms with Crippen molar-refractivity contribution in [3.05, 3.63) is 40.1 Å². The second-order valence-corrected chi connectivity index (χ2v) is 19.7. The zero-order valence-electron chi connectivity index (χ0n) is 28.4. The van der Waals surface area contributed by atoms with Crippen LogP contribution in [-0.4, -0.2) is 16.8 Å². The standard InChI is InChI=1S/C38H56I3NO3/c1-7-25(19-29-33(40)20-27(39)21-34(29)41)35(43)45-42-38(44)18-17-36(5)26(22-38)11-12-28-31-14-13-30(24(4)10-8-9-23(2)3)37(31,6)16-15-32(28)36/h11,20-21,23-25,28,30-32,42,44H,7-10,12-19,22H2,1-6H3/t24-,25?,28?,30?,31?,32?,36+,37-,38-/m1/s1. The summed E-state index contributed by atoms with van der Waals surface area (Å²) in [7, 11) is 0. The van der Waals surface area contributed by atoms with E-state index in [2.05, 4.69) is 126 Å². The highest BCUT2D eigenvalue weighted by Crippen LogP contribution is 2.67. The van der Waals surface area contributed by atoms with Gasteiger partial charge >= 0.3 is 5.97 Å². The molecule has 3 fully saturated rings. The highest BCUT2D eigenvalue weighted by Gasteiger charge is 2.60. The van der Waals surface area contributed by atoms with Gasteiger partial charge in [-0.2, -0.15) is 0 Å². The molecule has 0 amide bonds. The van der Waals surface area contributed by atoms with Crippen LogP contribution in [0.3, 0.4) is 0 Å². The molecular weight excluding hydrogens is 899 g/mol. The lowest BCUT2D eigenvalue weighted by molar-refractivity contribution is -0.185. The summed E-state index contributed by atoms with van der Waals surface area (Å²) in [6.45, 7) is 14.5. The van der Waals surface area contributed by atoms with Gasteiger partial charge in [-0.3, -0.25) is 4.79 Å². The van der Waals surface area contributed by atoms with Crippen LogP contribution in [0.25, 0.3) is 0 Å². The summed E-state index contributed by atoms with van der Waals surface area (Å²) in [5.74, 6) is 4.27. The zero-order valence-corrected chi connectivity index (χ0v) is 34.8. The second-order valence-electron chi connectivity index (χ2n) is 16.2. The molecule has 7 heteroatoms. The molecule has 4 aliphatic carbocycles. The van der Waals surface area contributed by atoms with Gasteiger partial charge in [0, 0.05) is 17.1 Å². The van der Waals surface area contributed by atoms with E-state index in [1.165, 1.54) is 66.8 Å². The molecule has 0 aliphatic heterocycles. The van der Waals surface area contributed by atoms with Crippen molar-refractivity contribution in [1.82, 2.24) is 5.48 Å². The Bertz CT molecular complexity index is 1240. The zero-order chi connectivity index (χ0) is 32.7. The Labute approximate surface area is 314 Å². The molecule has 1 aromatic carbocycles. The Morgan fingerprint density at radius 2 is 1.73 bits per heavy atom. The third-order valence-corrected chi connectivity index (χ3v) is 15.6. The van der Waals surface area contributed by atoms with Crippen molar-refractivity contribution in [3.63, 3.8) is 0 Å². The van der Waals surface area contributed by atoms with Crippen LogP contribution in [0.2, 0.25) is 0 Å². The molecule has 9 atom stereocenters. The first-order valence-corrected chi connectivity index (χ1v) is 21.0. The maximum Gasteiger partial charge on any atom is 0.328 e. The van der Waals surface area contributed by atoms with E-state index in [1.54, 1.807) is 0 Å². The normalized spacial score (nSPS) is 35.7. The van der Waals surface area contributed by atoms with Gasteiger partial charge in [0.2, 0.25) is 0 Å². The van der Waals surface area contributed by atoms with Crippen LogP contribution < -0.4 is 5.48 Å². The lowest BCUT2D eigenvalue weighted by Crippen LogP contribution is -2.56. The smallest absolute Gasteiger partial charge is 0.328 e. The molecule has 3 saturated carbocycles. The van der Waals surface area contributed by atoms with Crippen molar-refractivity contribution in [2.45, 2.75) is 131 Å². The average Bonchev–Trinajstić information content (AvgIpc) is 3.33. The summed E-state index contributed by atoms with van der Waals surface area (Å²) in [5, 5.41) is 11.7. The molecule has 0 heterocycles. The number of carbonyl (C=O) groups excluding carboxylic acids is 1. The van der Waals surface area contributed by atoms with Crippen LogP contribution in [0.1, 0.15) is 124 Å². The predicted octanol–water partition coefficient (Wildman–Crippen LogP) is 10.8. The Balaban J connectivity index is 1.21. The van der Waals surface area contributed by atoms with E-state index < -0.39 is 5.72 Å². The number of aliphatic hydroxyl groups is 1. The highest BCUT2D eigenvalue weighted by atomic mass is 127. The minimum atomic E-state index is -1.20. The highest BCUT2D eigenvalue weighted by molar-refractivity contribution is 14.1. The molecule has 0 bridgehead atoms. The summed E-state index contributed by atoms with van der Waals surface area (Å²) in [6, 6.07) is 4.32. The number of halogens is 3. The monoisotopic (exact) mass is 955 g/mol. The van der Waals surface area contributed by atoms with Crippen molar-refractivity contribution in [2.24, 2.45) is 52.3 Å². The Kier molecular flexibility index (Phi) is 12.1. The van der Waals surface area contributed by atoms with E-state index in [-0.39, 0.29) is 17.3 Å². The van der Waals surface area contributed by atoms with E-state index in [1.807, 2.05) is 6.92 Å². The van der Waals surface area contributed by atoms with Gasteiger partial charge in [-0.1, -0.05) is 72.5 Å². The number of hydrogen-bond donors (Lipinski definition) is 2. The van der Waals surface area contributed by atoms with E-state index in [0.29, 0.717) is 37.0 Å². The molecule has 4 aliphatic rings. The van der Waals surface area contributed by atoms with Gasteiger partial charge in [0.1, 0.15) is 0 Å². The first-order chi connectivity index (χ1) is 21.2. The quantitative estimate of drug-likeness (QED) is 0.100. The number of nitrogens with one attached hydrogen (secondary N) is 1. The molecule has 0 aromatic heterocycles. The number of carbonyl (C=O) groups is 1. The molecule has 0 saturated heterocycles. The summed E-state index contributed by atoms with van der Waals surface area (Å²) in [4.78, 5) is 19.0. The predicted molar refractivity (Wildman–Crippen MR) is 209 cm³/mol. The van der Waals surface area contributed by atoms with Gasteiger partial charge in [-0.15, -0.1) is 5.48 Å². The summed E-state index contributed by atoms with van der Waals surface area (Å²) in [5.41, 5.74) is 4.90. The van der Waals surface area contributed by atoms with E-state index in [0.717, 1.165) is 42.4 Å². The van der Waals surface area contributed by atoms with Crippen molar-refractivity contribution < 1.29 is 14.7 Å². The molecule has 4 nitrogen and oxygen atoms in total. The van der Waals surface area contributed by atoms with E-state index in [9.17, 15) is 9.90 Å². The molecule has 0 spiro atoms. The third kappa shape index (κ3) is 7.67. The summed E-state index contributed by atoms with van der Waals surface area (Å²) >= 11 is 7.08. The lowest BCUT2D eigenvalue weighted by atomic mass is 9.46. The van der Waals surface area contributed by atoms with Crippen LogP contribution >= 0.6 is 67.8 Å². The van der Waals surface area contributed by atoms with Crippen molar-refractivity contribution in [1.29, 1.82) is 0 Å². The van der Waals surface area contributed by atoms with E-state index >= 15 is 0 Å². The van der Waals surface area contributed by atoms with Gasteiger partial charge < -0.3 is 9.94 Å². The van der Waals surface area contributed by atoms with Gasteiger partial charge in [0.15, 0.2) is 5.72 Å². The van der Waals surface area contributed by atoms with Crippen LogP contribution in [0, 0.1) is 63.0 Å². The molecule has 2 N–H and O–H groups in total. The van der Waals surface area contributed by atoms with Crippen LogP contribution in [0.5, 0.6) is 0 Å². The number of hydroxylamine groups is 1. The number of hydrogen-bond acceptors (Lipinski definition) is 4. The SMILES string of the molecule is CCC(Cc1c(I)cc(I)cc1I)C(=O)ON[C@@]1(O)CC[C@@]2(C)C(=CCC3C4CCC([C@H](C)CCCC(C)C)[C@@]4(C)CCC32)C1. The fourth-order valence-corrected chi connectivity index (χ4v) is 14.4. The summed E-state index contributed by atoms with van der Waals surface area (Å²) < 4.78 is 3.57. The van der Waals surface area contributed by atoms with Crippen molar-refractivity contribution >= 4 is 73.7 Å². The first kappa shape index (κ1) is 36.8. The molecular formula is C38H56I3NO3. The Morgan fingerprint density at radius 1 is 1.02 bits per heavy atom. The second kappa shape index (κ2) is 14.8. The number of benzene rings is 1. The number of fused-ring (bicyclic) bond motifs is 5. The van der Waals surface area contributed by atoms with Crippen molar-refractivity contribution in [2.75, 3.05) is 0 Å².